The van der Waals surface area contributed by atoms with Crippen LogP contribution in [0.5, 0.6) is 0 Å². The highest BCUT2D eigenvalue weighted by Crippen LogP contribution is 2.31. The third-order valence-electron chi connectivity index (χ3n) is 4.92. The Kier molecular flexibility index (Phi) is 4.80. The summed E-state index contributed by atoms with van der Waals surface area (Å²) in [5, 5.41) is 8.36. The number of nitrogens with zero attached hydrogens (tertiary/aromatic N) is 3. The summed E-state index contributed by atoms with van der Waals surface area (Å²) < 4.78 is 32.8. The molecule has 2 aromatic carbocycles. The van der Waals surface area contributed by atoms with Crippen molar-refractivity contribution in [2.24, 2.45) is 0 Å². The molecule has 0 atom stereocenters. The van der Waals surface area contributed by atoms with Crippen LogP contribution >= 0.6 is 0 Å². The molecular formula is C20H21N3O3S. The van der Waals surface area contributed by atoms with E-state index in [9.17, 15) is 8.42 Å². The van der Waals surface area contributed by atoms with Gasteiger partial charge in [0.2, 0.25) is 21.8 Å². The second-order valence-electron chi connectivity index (χ2n) is 6.80. The topological polar surface area (TPSA) is 76.3 Å². The summed E-state index contributed by atoms with van der Waals surface area (Å²) in [4.78, 5) is 0.336. The number of hydrogen-bond acceptors (Lipinski definition) is 5. The predicted molar refractivity (Wildman–Crippen MR) is 102 cm³/mol. The molecule has 1 aromatic heterocycles. The van der Waals surface area contributed by atoms with Gasteiger partial charge in [0, 0.05) is 24.6 Å². The molecule has 0 radical (unpaired) electrons. The average Bonchev–Trinajstić information content (AvgIpc) is 3.19. The third kappa shape index (κ3) is 3.65. The first kappa shape index (κ1) is 17.9. The van der Waals surface area contributed by atoms with Gasteiger partial charge in [0.25, 0.3) is 0 Å². The molecular weight excluding hydrogens is 362 g/mol. The lowest BCUT2D eigenvalue weighted by atomic mass is 9.98. The first-order valence-corrected chi connectivity index (χ1v) is 10.4. The molecule has 7 heteroatoms. The van der Waals surface area contributed by atoms with Crippen molar-refractivity contribution in [3.8, 4) is 11.5 Å². The van der Waals surface area contributed by atoms with Crippen LogP contribution in [0.3, 0.4) is 0 Å². The maximum atomic E-state index is 12.7. The Labute approximate surface area is 158 Å². The van der Waals surface area contributed by atoms with Crippen LogP contribution in [0.1, 0.15) is 30.2 Å². The van der Waals surface area contributed by atoms with Crippen molar-refractivity contribution >= 4 is 10.0 Å². The fourth-order valence-corrected chi connectivity index (χ4v) is 4.79. The van der Waals surface area contributed by atoms with E-state index < -0.39 is 10.0 Å². The van der Waals surface area contributed by atoms with Crippen molar-refractivity contribution in [3.05, 3.63) is 66.1 Å². The lowest BCUT2D eigenvalue weighted by Crippen LogP contribution is -2.37. The maximum Gasteiger partial charge on any atom is 0.247 e. The summed E-state index contributed by atoms with van der Waals surface area (Å²) in [5.41, 5.74) is 2.06. The van der Waals surface area contributed by atoms with E-state index in [1.165, 1.54) is 9.87 Å². The molecule has 1 aliphatic heterocycles. The van der Waals surface area contributed by atoms with Gasteiger partial charge in [-0.05, 0) is 44.0 Å². The zero-order valence-corrected chi connectivity index (χ0v) is 15.9. The lowest BCUT2D eigenvalue weighted by Gasteiger charge is -2.29. The average molecular weight is 383 g/mol. The summed E-state index contributed by atoms with van der Waals surface area (Å²) in [6.45, 7) is 2.93. The molecule has 1 fully saturated rings. The minimum atomic E-state index is -3.44. The monoisotopic (exact) mass is 383 g/mol. The molecule has 0 N–H and O–H groups in total. The van der Waals surface area contributed by atoms with Crippen molar-refractivity contribution in [3.63, 3.8) is 0 Å². The molecule has 1 aliphatic rings. The normalized spacial score (nSPS) is 16.5. The van der Waals surface area contributed by atoms with E-state index in [-0.39, 0.29) is 5.92 Å². The van der Waals surface area contributed by atoms with Gasteiger partial charge in [-0.15, -0.1) is 10.2 Å². The van der Waals surface area contributed by atoms with Gasteiger partial charge in [-0.1, -0.05) is 35.9 Å². The van der Waals surface area contributed by atoms with Crippen molar-refractivity contribution in [1.82, 2.24) is 14.5 Å². The number of aromatic nitrogens is 2. The number of sulfonamides is 1. The Balaban J connectivity index is 1.45. The molecule has 0 saturated carbocycles. The fraction of sp³-hybridized carbons (Fsp3) is 0.300. The van der Waals surface area contributed by atoms with Crippen LogP contribution in [0.4, 0.5) is 0 Å². The molecule has 0 amide bonds. The second-order valence-corrected chi connectivity index (χ2v) is 8.74. The Bertz CT molecular complexity index is 1010. The van der Waals surface area contributed by atoms with Crippen molar-refractivity contribution in [1.29, 1.82) is 0 Å². The third-order valence-corrected chi connectivity index (χ3v) is 6.84. The van der Waals surface area contributed by atoms with E-state index >= 15 is 0 Å². The summed E-state index contributed by atoms with van der Waals surface area (Å²) in [5.74, 6) is 1.17. The van der Waals surface area contributed by atoms with E-state index in [2.05, 4.69) is 10.2 Å². The number of hydrogen-bond donors (Lipinski definition) is 0. The summed E-state index contributed by atoms with van der Waals surface area (Å²) in [6, 6.07) is 16.5. The molecule has 0 bridgehead atoms. The molecule has 3 aromatic rings. The molecule has 0 spiro atoms. The molecule has 140 valence electrons. The molecule has 0 aliphatic carbocycles. The van der Waals surface area contributed by atoms with Gasteiger partial charge in [-0.2, -0.15) is 4.31 Å². The standard InChI is InChI=1S/C20H21N3O3S/c1-15-7-9-16(10-8-15)19-21-22-20(26-19)17-11-13-23(14-12-17)27(24,25)18-5-3-2-4-6-18/h2-10,17H,11-14H2,1H3. The van der Waals surface area contributed by atoms with Gasteiger partial charge < -0.3 is 4.42 Å². The molecule has 0 unspecified atom stereocenters. The highest BCUT2D eigenvalue weighted by molar-refractivity contribution is 7.89. The SMILES string of the molecule is Cc1ccc(-c2nnc(C3CCN(S(=O)(=O)c4ccccc4)CC3)o2)cc1. The van der Waals surface area contributed by atoms with Crippen molar-refractivity contribution in [2.75, 3.05) is 13.1 Å². The number of benzene rings is 2. The first-order chi connectivity index (χ1) is 13.0. The Morgan fingerprint density at radius 3 is 2.30 bits per heavy atom. The maximum absolute atomic E-state index is 12.7. The van der Waals surface area contributed by atoms with Crippen LogP contribution in [-0.4, -0.2) is 36.0 Å². The van der Waals surface area contributed by atoms with Gasteiger partial charge in [-0.25, -0.2) is 8.42 Å². The Hall–Kier alpha value is -2.51. The zero-order chi connectivity index (χ0) is 18.9. The predicted octanol–water partition coefficient (Wildman–Crippen LogP) is 3.61. The van der Waals surface area contributed by atoms with Crippen LogP contribution in [0.2, 0.25) is 0 Å². The summed E-state index contributed by atoms with van der Waals surface area (Å²) in [6.07, 6.45) is 1.34. The molecule has 2 heterocycles. The van der Waals surface area contributed by atoms with Gasteiger partial charge in [0.05, 0.1) is 4.90 Å². The summed E-state index contributed by atoms with van der Waals surface area (Å²) in [7, 11) is -3.44. The highest BCUT2D eigenvalue weighted by Gasteiger charge is 2.32. The Morgan fingerprint density at radius 2 is 1.63 bits per heavy atom. The molecule has 6 nitrogen and oxygen atoms in total. The Morgan fingerprint density at radius 1 is 0.963 bits per heavy atom. The van der Waals surface area contributed by atoms with E-state index in [0.717, 1.165) is 5.56 Å². The molecule has 27 heavy (non-hydrogen) atoms. The molecule has 4 rings (SSSR count). The summed E-state index contributed by atoms with van der Waals surface area (Å²) >= 11 is 0. The van der Waals surface area contributed by atoms with Gasteiger partial charge in [0.1, 0.15) is 0 Å². The van der Waals surface area contributed by atoms with E-state index in [1.54, 1.807) is 24.3 Å². The van der Waals surface area contributed by atoms with Crippen molar-refractivity contribution < 1.29 is 12.8 Å². The van der Waals surface area contributed by atoms with Gasteiger partial charge in [-0.3, -0.25) is 0 Å². The minimum absolute atomic E-state index is 0.0823. The van der Waals surface area contributed by atoms with Crippen LogP contribution < -0.4 is 0 Å². The first-order valence-electron chi connectivity index (χ1n) is 9.00. The van der Waals surface area contributed by atoms with Gasteiger partial charge in [0.15, 0.2) is 0 Å². The smallest absolute Gasteiger partial charge is 0.247 e. The second kappa shape index (κ2) is 7.25. The zero-order valence-electron chi connectivity index (χ0n) is 15.1. The van der Waals surface area contributed by atoms with Crippen LogP contribution in [0.25, 0.3) is 11.5 Å². The number of aryl methyl sites for hydroxylation is 1. The number of rotatable bonds is 4. The largest absolute Gasteiger partial charge is 0.420 e. The van der Waals surface area contributed by atoms with Crippen molar-refractivity contribution in [2.45, 2.75) is 30.6 Å². The minimum Gasteiger partial charge on any atom is -0.420 e. The van der Waals surface area contributed by atoms with Crippen LogP contribution in [-0.2, 0) is 10.0 Å². The van der Waals surface area contributed by atoms with E-state index in [4.69, 9.17) is 4.42 Å². The van der Waals surface area contributed by atoms with E-state index in [1.807, 2.05) is 37.3 Å². The van der Waals surface area contributed by atoms with E-state index in [0.29, 0.717) is 42.6 Å². The quantitative estimate of drug-likeness (QED) is 0.688. The fourth-order valence-electron chi connectivity index (χ4n) is 3.30. The van der Waals surface area contributed by atoms with Crippen LogP contribution in [0.15, 0.2) is 63.9 Å². The highest BCUT2D eigenvalue weighted by atomic mass is 32.2. The number of piperidine rings is 1. The molecule has 1 saturated heterocycles. The lowest BCUT2D eigenvalue weighted by molar-refractivity contribution is 0.291. The van der Waals surface area contributed by atoms with Crippen LogP contribution in [0, 0.1) is 6.92 Å². The van der Waals surface area contributed by atoms with Gasteiger partial charge >= 0.3 is 0 Å².